The Morgan fingerprint density at radius 1 is 1.14 bits per heavy atom. The number of hydrogen-bond donors (Lipinski definition) is 2. The molecule has 0 aliphatic carbocycles. The molecule has 1 saturated heterocycles. The molecule has 1 heterocycles. The van der Waals surface area contributed by atoms with Gasteiger partial charge in [-0.25, -0.2) is 0 Å². The van der Waals surface area contributed by atoms with Crippen LogP contribution in [0.15, 0.2) is 24.3 Å². The Morgan fingerprint density at radius 2 is 1.79 bits per heavy atom. The molecular weight excluding hydrogens is 411 g/mol. The number of amides is 2. The Bertz CT molecular complexity index is 613. The van der Waals surface area contributed by atoms with Gasteiger partial charge in [-0.15, -0.1) is 24.8 Å². The number of piperidine rings is 1. The summed E-state index contributed by atoms with van der Waals surface area (Å²) in [4.78, 5) is 28.8. The minimum absolute atomic E-state index is 0. The molecule has 0 radical (unpaired) electrons. The molecule has 1 aromatic rings. The molecule has 1 aliphatic heterocycles. The summed E-state index contributed by atoms with van der Waals surface area (Å²) in [6.45, 7) is 2.73. The number of carbonyl (C=O) groups is 2. The molecule has 1 aromatic carbocycles. The van der Waals surface area contributed by atoms with Crippen molar-refractivity contribution in [3.05, 3.63) is 29.8 Å². The highest BCUT2D eigenvalue weighted by Crippen LogP contribution is 2.17. The predicted molar refractivity (Wildman–Crippen MR) is 124 cm³/mol. The monoisotopic (exact) mass is 446 g/mol. The standard InChI is InChI=1S/C21H34N4O2.2ClH/c1-24-15-7-8-19(16-24)25(2)21(27)17-10-12-18(13-11-17)23-20(26)9-5-3-4-6-14-22;;/h10-13,19H,3-9,14-16,22H2,1-2H3,(H,23,26);2*1H. The first-order valence-corrected chi connectivity index (χ1v) is 10.1. The van der Waals surface area contributed by atoms with Gasteiger partial charge in [-0.1, -0.05) is 12.8 Å². The zero-order chi connectivity index (χ0) is 19.6. The summed E-state index contributed by atoms with van der Waals surface area (Å²) in [5.41, 5.74) is 6.86. The van der Waals surface area contributed by atoms with E-state index in [1.165, 1.54) is 0 Å². The quantitative estimate of drug-likeness (QED) is 0.568. The van der Waals surface area contributed by atoms with E-state index in [9.17, 15) is 9.59 Å². The smallest absolute Gasteiger partial charge is 0.253 e. The Kier molecular flexibility index (Phi) is 13.9. The first kappa shape index (κ1) is 27.7. The highest BCUT2D eigenvalue weighted by atomic mass is 35.5. The van der Waals surface area contributed by atoms with Gasteiger partial charge in [0.25, 0.3) is 5.91 Å². The summed E-state index contributed by atoms with van der Waals surface area (Å²) in [5, 5.41) is 2.90. The lowest BCUT2D eigenvalue weighted by Gasteiger charge is -2.35. The van der Waals surface area contributed by atoms with Crippen LogP contribution in [0, 0.1) is 0 Å². The maximum atomic E-state index is 12.7. The average Bonchev–Trinajstić information content (AvgIpc) is 2.67. The van der Waals surface area contributed by atoms with E-state index in [0.29, 0.717) is 18.5 Å². The molecule has 2 rings (SSSR count). The number of nitrogens with zero attached hydrogens (tertiary/aromatic N) is 2. The first-order chi connectivity index (χ1) is 13.0. The molecule has 0 aromatic heterocycles. The van der Waals surface area contributed by atoms with Gasteiger partial charge in [-0.05, 0) is 70.1 Å². The summed E-state index contributed by atoms with van der Waals surface area (Å²) in [6.07, 6.45) is 6.68. The van der Waals surface area contributed by atoms with E-state index in [1.54, 1.807) is 24.3 Å². The lowest BCUT2D eigenvalue weighted by atomic mass is 10.0. The van der Waals surface area contributed by atoms with E-state index in [2.05, 4.69) is 17.3 Å². The molecule has 0 spiro atoms. The number of halogens is 2. The Hall–Kier alpha value is -1.34. The number of likely N-dealkylation sites (tertiary alicyclic amines) is 1. The fraction of sp³-hybridized carbons (Fsp3) is 0.619. The summed E-state index contributed by atoms with van der Waals surface area (Å²) in [5.74, 6) is 0.0530. The largest absolute Gasteiger partial charge is 0.337 e. The Labute approximate surface area is 187 Å². The van der Waals surface area contributed by atoms with Crippen LogP contribution in [0.4, 0.5) is 5.69 Å². The maximum Gasteiger partial charge on any atom is 0.253 e. The minimum Gasteiger partial charge on any atom is -0.337 e. The van der Waals surface area contributed by atoms with Crippen LogP contribution >= 0.6 is 24.8 Å². The second-order valence-corrected chi connectivity index (χ2v) is 7.55. The van der Waals surface area contributed by atoms with E-state index in [1.807, 2.05) is 11.9 Å². The second-order valence-electron chi connectivity index (χ2n) is 7.55. The average molecular weight is 447 g/mol. The van der Waals surface area contributed by atoms with Crippen molar-refractivity contribution >= 4 is 42.3 Å². The summed E-state index contributed by atoms with van der Waals surface area (Å²) < 4.78 is 0. The highest BCUT2D eigenvalue weighted by molar-refractivity contribution is 5.95. The van der Waals surface area contributed by atoms with Crippen molar-refractivity contribution in [3.63, 3.8) is 0 Å². The SMILES string of the molecule is CN1CCCC(N(C)C(=O)c2ccc(NC(=O)CCCCCCN)cc2)C1.Cl.Cl. The van der Waals surface area contributed by atoms with Crippen LogP contribution < -0.4 is 11.1 Å². The van der Waals surface area contributed by atoms with Crippen LogP contribution in [0.25, 0.3) is 0 Å². The van der Waals surface area contributed by atoms with Crippen LogP contribution in [-0.4, -0.2) is 61.4 Å². The minimum atomic E-state index is 0. The van der Waals surface area contributed by atoms with E-state index in [-0.39, 0.29) is 42.7 Å². The van der Waals surface area contributed by atoms with Gasteiger partial charge in [0.05, 0.1) is 0 Å². The van der Waals surface area contributed by atoms with Gasteiger partial charge >= 0.3 is 0 Å². The second kappa shape index (κ2) is 14.6. The third-order valence-corrected chi connectivity index (χ3v) is 5.24. The molecule has 6 nitrogen and oxygen atoms in total. The zero-order valence-electron chi connectivity index (χ0n) is 17.6. The summed E-state index contributed by atoms with van der Waals surface area (Å²) >= 11 is 0. The van der Waals surface area contributed by atoms with Gasteiger partial charge < -0.3 is 20.9 Å². The van der Waals surface area contributed by atoms with Gasteiger partial charge in [0.2, 0.25) is 5.91 Å². The van der Waals surface area contributed by atoms with Crippen molar-refractivity contribution in [3.8, 4) is 0 Å². The Balaban J connectivity index is 0.00000392. The number of anilines is 1. The molecule has 3 N–H and O–H groups in total. The molecule has 1 aliphatic rings. The molecule has 1 unspecified atom stereocenters. The van der Waals surface area contributed by atoms with Crippen LogP contribution in [0.3, 0.4) is 0 Å². The third-order valence-electron chi connectivity index (χ3n) is 5.24. The fourth-order valence-corrected chi connectivity index (χ4v) is 3.53. The predicted octanol–water partition coefficient (Wildman–Crippen LogP) is 3.54. The summed E-state index contributed by atoms with van der Waals surface area (Å²) in [6, 6.07) is 7.46. The maximum absolute atomic E-state index is 12.7. The highest BCUT2D eigenvalue weighted by Gasteiger charge is 2.25. The molecule has 0 saturated carbocycles. The first-order valence-electron chi connectivity index (χ1n) is 10.1. The van der Waals surface area contributed by atoms with Crippen molar-refractivity contribution in [2.45, 2.75) is 51.0 Å². The number of benzene rings is 1. The van der Waals surface area contributed by atoms with E-state index < -0.39 is 0 Å². The molecule has 166 valence electrons. The Morgan fingerprint density at radius 3 is 2.41 bits per heavy atom. The number of nitrogens with two attached hydrogens (primary N) is 1. The number of hydrogen-bond acceptors (Lipinski definition) is 4. The normalized spacial score (nSPS) is 16.3. The van der Waals surface area contributed by atoms with Crippen molar-refractivity contribution in [2.75, 3.05) is 39.0 Å². The molecule has 1 fully saturated rings. The molecule has 1 atom stereocenters. The van der Waals surface area contributed by atoms with Crippen molar-refractivity contribution in [2.24, 2.45) is 5.73 Å². The van der Waals surface area contributed by atoms with Crippen molar-refractivity contribution < 1.29 is 9.59 Å². The van der Waals surface area contributed by atoms with Gasteiger partial charge in [-0.3, -0.25) is 9.59 Å². The van der Waals surface area contributed by atoms with Gasteiger partial charge in [0, 0.05) is 37.3 Å². The van der Waals surface area contributed by atoms with Crippen LogP contribution in [0.5, 0.6) is 0 Å². The molecular formula is C21H36Cl2N4O2. The van der Waals surface area contributed by atoms with Crippen molar-refractivity contribution in [1.82, 2.24) is 9.80 Å². The van der Waals surface area contributed by atoms with Crippen LogP contribution in [0.1, 0.15) is 55.3 Å². The zero-order valence-corrected chi connectivity index (χ0v) is 19.2. The molecule has 0 bridgehead atoms. The van der Waals surface area contributed by atoms with E-state index in [0.717, 1.165) is 57.3 Å². The lowest BCUT2D eigenvalue weighted by molar-refractivity contribution is -0.116. The number of unbranched alkanes of at least 4 members (excludes halogenated alkanes) is 3. The summed E-state index contributed by atoms with van der Waals surface area (Å²) in [7, 11) is 3.98. The lowest BCUT2D eigenvalue weighted by Crippen LogP contribution is -2.47. The fourth-order valence-electron chi connectivity index (χ4n) is 3.53. The van der Waals surface area contributed by atoms with Crippen LogP contribution in [-0.2, 0) is 4.79 Å². The van der Waals surface area contributed by atoms with Crippen LogP contribution in [0.2, 0.25) is 0 Å². The number of rotatable bonds is 9. The molecule has 29 heavy (non-hydrogen) atoms. The molecule has 8 heteroatoms. The van der Waals surface area contributed by atoms with Gasteiger partial charge in [-0.2, -0.15) is 0 Å². The van der Waals surface area contributed by atoms with E-state index >= 15 is 0 Å². The van der Waals surface area contributed by atoms with Gasteiger partial charge in [0.1, 0.15) is 0 Å². The van der Waals surface area contributed by atoms with Crippen molar-refractivity contribution in [1.29, 1.82) is 0 Å². The number of carbonyl (C=O) groups excluding carboxylic acids is 2. The van der Waals surface area contributed by atoms with Gasteiger partial charge in [0.15, 0.2) is 0 Å². The number of nitrogens with one attached hydrogen (secondary N) is 1. The number of likely N-dealkylation sites (N-methyl/N-ethyl adjacent to an activating group) is 2. The molecule has 2 amide bonds. The van der Waals surface area contributed by atoms with E-state index in [4.69, 9.17) is 5.73 Å². The topological polar surface area (TPSA) is 78.7 Å². The third kappa shape index (κ3) is 9.34.